The summed E-state index contributed by atoms with van der Waals surface area (Å²) in [5.74, 6) is 0.774. The van der Waals surface area contributed by atoms with Crippen LogP contribution in [-0.4, -0.2) is 40.5 Å². The average molecular weight is 340 g/mol. The Kier molecular flexibility index (Phi) is 4.12. The van der Waals surface area contributed by atoms with Crippen LogP contribution in [0.5, 0.6) is 0 Å². The summed E-state index contributed by atoms with van der Waals surface area (Å²) in [5, 5.41) is 12.5. The van der Waals surface area contributed by atoms with Gasteiger partial charge in [0.2, 0.25) is 5.13 Å². The molecule has 1 aliphatic heterocycles. The topological polar surface area (TPSA) is 75.4 Å². The van der Waals surface area contributed by atoms with E-state index in [1.54, 1.807) is 12.1 Å². The third-order valence-electron chi connectivity index (χ3n) is 3.54. The highest BCUT2D eigenvalue weighted by atomic mass is 35.5. The van der Waals surface area contributed by atoms with Crippen molar-refractivity contribution in [2.24, 2.45) is 0 Å². The molecule has 2 aromatic rings. The molecule has 0 saturated carbocycles. The molecule has 0 amide bonds. The highest BCUT2D eigenvalue weighted by Crippen LogP contribution is 2.32. The second-order valence-corrected chi connectivity index (χ2v) is 6.16. The number of nitro groups is 1. The van der Waals surface area contributed by atoms with Gasteiger partial charge in [0.25, 0.3) is 5.69 Å². The van der Waals surface area contributed by atoms with Crippen LogP contribution < -0.4 is 9.80 Å². The highest BCUT2D eigenvalue weighted by molar-refractivity contribution is 7.09. The number of hydrogen-bond acceptors (Lipinski definition) is 7. The minimum atomic E-state index is -0.387. The van der Waals surface area contributed by atoms with E-state index in [0.29, 0.717) is 23.8 Å². The number of halogens is 1. The molecule has 0 radical (unpaired) electrons. The number of nitro benzene ring substituents is 1. The summed E-state index contributed by atoms with van der Waals surface area (Å²) in [7, 11) is 0. The highest BCUT2D eigenvalue weighted by Gasteiger charge is 2.25. The fourth-order valence-electron chi connectivity index (χ4n) is 2.46. The SMILES string of the molecule is Cc1nsc(N2CCN(c3ccc(Cl)cc3[N+](=O)[O-])CC2)n1. The van der Waals surface area contributed by atoms with E-state index < -0.39 is 0 Å². The summed E-state index contributed by atoms with van der Waals surface area (Å²) in [5.41, 5.74) is 0.662. The zero-order valence-corrected chi connectivity index (χ0v) is 13.5. The van der Waals surface area contributed by atoms with E-state index in [2.05, 4.69) is 14.3 Å². The second kappa shape index (κ2) is 6.05. The molecule has 9 heteroatoms. The summed E-state index contributed by atoms with van der Waals surface area (Å²) < 4.78 is 4.19. The molecule has 0 aliphatic carbocycles. The molecule has 3 rings (SSSR count). The molecule has 0 spiro atoms. The maximum Gasteiger partial charge on any atom is 0.294 e. The van der Waals surface area contributed by atoms with Crippen LogP contribution in [0.3, 0.4) is 0 Å². The van der Waals surface area contributed by atoms with Crippen LogP contribution in [0, 0.1) is 17.0 Å². The van der Waals surface area contributed by atoms with Gasteiger partial charge in [0, 0.05) is 48.8 Å². The third kappa shape index (κ3) is 2.97. The summed E-state index contributed by atoms with van der Waals surface area (Å²) in [6.07, 6.45) is 0. The standard InChI is InChI=1S/C13H14ClN5O2S/c1-9-15-13(22-16-9)18-6-4-17(5-7-18)11-3-2-10(14)8-12(11)19(20)21/h2-3,8H,4-7H2,1H3. The Balaban J connectivity index is 1.75. The van der Waals surface area contributed by atoms with Crippen LogP contribution in [0.25, 0.3) is 0 Å². The number of rotatable bonds is 3. The van der Waals surface area contributed by atoms with Crippen molar-refractivity contribution < 1.29 is 4.92 Å². The molecule has 1 fully saturated rings. The number of aryl methyl sites for hydroxylation is 1. The summed E-state index contributed by atoms with van der Waals surface area (Å²) in [6.45, 7) is 4.78. The van der Waals surface area contributed by atoms with Gasteiger partial charge in [-0.2, -0.15) is 4.37 Å². The van der Waals surface area contributed by atoms with Gasteiger partial charge in [-0.05, 0) is 19.1 Å². The van der Waals surface area contributed by atoms with Gasteiger partial charge in [-0.25, -0.2) is 4.98 Å². The Morgan fingerprint density at radius 2 is 1.95 bits per heavy atom. The molecule has 0 bridgehead atoms. The van der Waals surface area contributed by atoms with Crippen molar-refractivity contribution in [3.05, 3.63) is 39.2 Å². The zero-order chi connectivity index (χ0) is 15.7. The van der Waals surface area contributed by atoms with Gasteiger partial charge in [0.1, 0.15) is 11.5 Å². The molecule has 22 heavy (non-hydrogen) atoms. The Morgan fingerprint density at radius 3 is 2.55 bits per heavy atom. The van der Waals surface area contributed by atoms with Crippen LogP contribution in [0.15, 0.2) is 18.2 Å². The monoisotopic (exact) mass is 339 g/mol. The van der Waals surface area contributed by atoms with Gasteiger partial charge in [-0.1, -0.05) is 11.6 Å². The second-order valence-electron chi connectivity index (χ2n) is 4.99. The number of piperazine rings is 1. The Bertz CT molecular complexity index is 699. The zero-order valence-electron chi connectivity index (χ0n) is 11.9. The number of benzene rings is 1. The molecule has 7 nitrogen and oxygen atoms in total. The minimum absolute atomic E-state index is 0.0488. The van der Waals surface area contributed by atoms with Gasteiger partial charge < -0.3 is 9.80 Å². The molecule has 116 valence electrons. The lowest BCUT2D eigenvalue weighted by molar-refractivity contribution is -0.384. The summed E-state index contributed by atoms with van der Waals surface area (Å²) in [6, 6.07) is 4.80. The molecular formula is C13H14ClN5O2S. The average Bonchev–Trinajstić information content (AvgIpc) is 2.94. The molecular weight excluding hydrogens is 326 g/mol. The first kappa shape index (κ1) is 15.0. The largest absolute Gasteiger partial charge is 0.362 e. The van der Waals surface area contributed by atoms with E-state index in [9.17, 15) is 10.1 Å². The fourth-order valence-corrected chi connectivity index (χ4v) is 3.36. The van der Waals surface area contributed by atoms with E-state index in [0.717, 1.165) is 24.0 Å². The van der Waals surface area contributed by atoms with Crippen molar-refractivity contribution in [3.63, 3.8) is 0 Å². The third-order valence-corrected chi connectivity index (χ3v) is 4.65. The van der Waals surface area contributed by atoms with Crippen molar-refractivity contribution in [3.8, 4) is 0 Å². The van der Waals surface area contributed by atoms with Crippen LogP contribution in [0.2, 0.25) is 5.02 Å². The number of hydrogen-bond donors (Lipinski definition) is 0. The minimum Gasteiger partial charge on any atom is -0.362 e. The Morgan fingerprint density at radius 1 is 1.27 bits per heavy atom. The Labute approximate surface area is 136 Å². The molecule has 1 aliphatic rings. The van der Waals surface area contributed by atoms with Gasteiger partial charge in [-0.3, -0.25) is 10.1 Å². The quantitative estimate of drug-likeness (QED) is 0.632. The van der Waals surface area contributed by atoms with Crippen LogP contribution in [0.1, 0.15) is 5.82 Å². The maximum atomic E-state index is 11.2. The molecule has 0 atom stereocenters. The molecule has 0 unspecified atom stereocenters. The predicted molar refractivity (Wildman–Crippen MR) is 87.2 cm³/mol. The van der Waals surface area contributed by atoms with E-state index >= 15 is 0 Å². The lowest BCUT2D eigenvalue weighted by atomic mass is 10.2. The van der Waals surface area contributed by atoms with Crippen LogP contribution in [0.4, 0.5) is 16.5 Å². The molecule has 1 aromatic carbocycles. The Hall–Kier alpha value is -1.93. The predicted octanol–water partition coefficient (Wildman–Crippen LogP) is 2.73. The van der Waals surface area contributed by atoms with E-state index in [1.165, 1.54) is 17.6 Å². The molecule has 2 heterocycles. The van der Waals surface area contributed by atoms with Crippen LogP contribution in [-0.2, 0) is 0 Å². The van der Waals surface area contributed by atoms with Crippen LogP contribution >= 0.6 is 23.1 Å². The smallest absolute Gasteiger partial charge is 0.294 e. The first-order valence-corrected chi connectivity index (χ1v) is 7.94. The van der Waals surface area contributed by atoms with Crippen molar-refractivity contribution in [2.75, 3.05) is 36.0 Å². The van der Waals surface area contributed by atoms with E-state index in [-0.39, 0.29) is 10.6 Å². The number of aromatic nitrogens is 2. The first-order chi connectivity index (χ1) is 10.5. The number of nitrogens with zero attached hydrogens (tertiary/aromatic N) is 5. The van der Waals surface area contributed by atoms with Crippen molar-refractivity contribution >= 4 is 39.6 Å². The maximum absolute atomic E-state index is 11.2. The van der Waals surface area contributed by atoms with E-state index in [1.807, 2.05) is 11.8 Å². The summed E-state index contributed by atoms with van der Waals surface area (Å²) >= 11 is 7.24. The molecule has 1 saturated heterocycles. The van der Waals surface area contributed by atoms with Crippen molar-refractivity contribution in [1.29, 1.82) is 0 Å². The fraction of sp³-hybridized carbons (Fsp3) is 0.385. The van der Waals surface area contributed by atoms with Gasteiger partial charge >= 0.3 is 0 Å². The van der Waals surface area contributed by atoms with Gasteiger partial charge in [-0.15, -0.1) is 0 Å². The summed E-state index contributed by atoms with van der Waals surface area (Å²) in [4.78, 5) is 19.4. The molecule has 0 N–H and O–H groups in total. The van der Waals surface area contributed by atoms with Crippen molar-refractivity contribution in [2.45, 2.75) is 6.92 Å². The van der Waals surface area contributed by atoms with Gasteiger partial charge in [0.05, 0.1) is 4.92 Å². The number of anilines is 2. The van der Waals surface area contributed by atoms with E-state index in [4.69, 9.17) is 11.6 Å². The normalized spacial score (nSPS) is 15.2. The van der Waals surface area contributed by atoms with Crippen molar-refractivity contribution in [1.82, 2.24) is 9.36 Å². The van der Waals surface area contributed by atoms with Gasteiger partial charge in [0.15, 0.2) is 0 Å². The molecule has 1 aromatic heterocycles. The first-order valence-electron chi connectivity index (χ1n) is 6.79. The lowest BCUT2D eigenvalue weighted by Gasteiger charge is -2.35. The lowest BCUT2D eigenvalue weighted by Crippen LogP contribution is -2.46.